The highest BCUT2D eigenvalue weighted by molar-refractivity contribution is 6.44. The number of halogens is 4. The van der Waals surface area contributed by atoms with Gasteiger partial charge in [-0.3, -0.25) is 4.79 Å². The van der Waals surface area contributed by atoms with Crippen LogP contribution < -0.4 is 20.1 Å². The number of carbonyl (C=O) groups excluding carboxylic acids is 1. The standard InChI is InChI=1S/C17H16Cl2F2N2O3/c1-9(16(24)23-12-5-3-4-11(18)15(12)19)22-10-6-7-13(25-2)14(8-10)26-17(20)21/h3-9,17,22H,1-2H3,(H,23,24). The van der Waals surface area contributed by atoms with Crippen molar-refractivity contribution < 1.29 is 23.0 Å². The smallest absolute Gasteiger partial charge is 0.387 e. The van der Waals surface area contributed by atoms with Gasteiger partial charge in [0.2, 0.25) is 5.91 Å². The minimum absolute atomic E-state index is 0.141. The zero-order valence-corrected chi connectivity index (χ0v) is 15.4. The van der Waals surface area contributed by atoms with E-state index in [4.69, 9.17) is 27.9 Å². The van der Waals surface area contributed by atoms with Crippen molar-refractivity contribution in [2.24, 2.45) is 0 Å². The van der Waals surface area contributed by atoms with Gasteiger partial charge >= 0.3 is 6.61 Å². The fourth-order valence-corrected chi connectivity index (χ4v) is 2.46. The summed E-state index contributed by atoms with van der Waals surface area (Å²) in [6.07, 6.45) is 0. The van der Waals surface area contributed by atoms with Gasteiger partial charge in [0, 0.05) is 11.8 Å². The summed E-state index contributed by atoms with van der Waals surface area (Å²) >= 11 is 11.9. The van der Waals surface area contributed by atoms with Crippen LogP contribution in [0, 0.1) is 0 Å². The van der Waals surface area contributed by atoms with E-state index in [-0.39, 0.29) is 22.4 Å². The molecular weight excluding hydrogens is 389 g/mol. The lowest BCUT2D eigenvalue weighted by Gasteiger charge is -2.17. The zero-order valence-electron chi connectivity index (χ0n) is 13.9. The van der Waals surface area contributed by atoms with Gasteiger partial charge in [0.15, 0.2) is 11.5 Å². The van der Waals surface area contributed by atoms with Crippen LogP contribution >= 0.6 is 23.2 Å². The maximum absolute atomic E-state index is 12.5. The molecule has 0 fully saturated rings. The van der Waals surface area contributed by atoms with Crippen molar-refractivity contribution in [3.05, 3.63) is 46.4 Å². The molecule has 26 heavy (non-hydrogen) atoms. The highest BCUT2D eigenvalue weighted by Gasteiger charge is 2.17. The molecule has 0 radical (unpaired) electrons. The van der Waals surface area contributed by atoms with E-state index in [9.17, 15) is 13.6 Å². The van der Waals surface area contributed by atoms with Gasteiger partial charge in [-0.15, -0.1) is 0 Å². The van der Waals surface area contributed by atoms with Crippen molar-refractivity contribution in [3.8, 4) is 11.5 Å². The molecule has 0 aliphatic rings. The first-order valence-corrected chi connectivity index (χ1v) is 8.21. The van der Waals surface area contributed by atoms with Gasteiger partial charge in [0.25, 0.3) is 0 Å². The molecule has 2 aromatic carbocycles. The van der Waals surface area contributed by atoms with Gasteiger partial charge in [-0.1, -0.05) is 29.3 Å². The number of amides is 1. The summed E-state index contributed by atoms with van der Waals surface area (Å²) in [5.41, 5.74) is 0.774. The third-order valence-corrected chi connectivity index (χ3v) is 4.18. The predicted octanol–water partition coefficient (Wildman–Crippen LogP) is 5.04. The van der Waals surface area contributed by atoms with Crippen LogP contribution in [0.1, 0.15) is 6.92 Å². The number of ether oxygens (including phenoxy) is 2. The Morgan fingerprint density at radius 3 is 2.54 bits per heavy atom. The van der Waals surface area contributed by atoms with Crippen molar-refractivity contribution in [2.75, 3.05) is 17.7 Å². The van der Waals surface area contributed by atoms with Gasteiger partial charge in [-0.05, 0) is 31.2 Å². The number of hydrogen-bond acceptors (Lipinski definition) is 4. The summed E-state index contributed by atoms with van der Waals surface area (Å²) in [7, 11) is 1.34. The van der Waals surface area contributed by atoms with Gasteiger partial charge in [-0.25, -0.2) is 0 Å². The average Bonchev–Trinajstić information content (AvgIpc) is 2.58. The lowest BCUT2D eigenvalue weighted by Crippen LogP contribution is -2.32. The van der Waals surface area contributed by atoms with E-state index in [0.717, 1.165) is 0 Å². The molecule has 0 spiro atoms. The normalized spacial score (nSPS) is 11.8. The molecule has 0 aliphatic heterocycles. The molecule has 0 saturated heterocycles. The lowest BCUT2D eigenvalue weighted by atomic mass is 10.2. The molecule has 0 heterocycles. The van der Waals surface area contributed by atoms with Gasteiger partial charge in [0.05, 0.1) is 22.8 Å². The molecule has 0 aromatic heterocycles. The van der Waals surface area contributed by atoms with Gasteiger partial charge in [-0.2, -0.15) is 8.78 Å². The number of benzene rings is 2. The zero-order chi connectivity index (χ0) is 19.3. The third-order valence-electron chi connectivity index (χ3n) is 3.37. The number of hydrogen-bond donors (Lipinski definition) is 2. The molecule has 1 unspecified atom stereocenters. The molecule has 2 N–H and O–H groups in total. The van der Waals surface area contributed by atoms with E-state index in [0.29, 0.717) is 16.4 Å². The first-order chi connectivity index (χ1) is 12.3. The monoisotopic (exact) mass is 404 g/mol. The summed E-state index contributed by atoms with van der Waals surface area (Å²) in [4.78, 5) is 12.3. The average molecular weight is 405 g/mol. The maximum atomic E-state index is 12.5. The molecule has 1 atom stereocenters. The summed E-state index contributed by atoms with van der Waals surface area (Å²) in [6.45, 7) is -1.39. The molecule has 2 rings (SSSR count). The van der Waals surface area contributed by atoms with E-state index < -0.39 is 12.7 Å². The van der Waals surface area contributed by atoms with Crippen LogP contribution in [0.2, 0.25) is 10.0 Å². The van der Waals surface area contributed by atoms with Crippen LogP contribution in [0.4, 0.5) is 20.2 Å². The minimum Gasteiger partial charge on any atom is -0.493 e. The summed E-state index contributed by atoms with van der Waals surface area (Å²) < 4.78 is 34.3. The molecular formula is C17H16Cl2F2N2O3. The molecule has 2 aromatic rings. The Morgan fingerprint density at radius 2 is 1.88 bits per heavy atom. The molecule has 1 amide bonds. The molecule has 0 aliphatic carbocycles. The van der Waals surface area contributed by atoms with Crippen LogP contribution in [0.5, 0.6) is 11.5 Å². The Kier molecular flexibility index (Phi) is 6.88. The quantitative estimate of drug-likeness (QED) is 0.678. The van der Waals surface area contributed by atoms with Crippen LogP contribution in [0.25, 0.3) is 0 Å². The van der Waals surface area contributed by atoms with Crippen LogP contribution in [0.15, 0.2) is 36.4 Å². The summed E-state index contributed by atoms with van der Waals surface area (Å²) in [5, 5.41) is 6.08. The van der Waals surface area contributed by atoms with E-state index in [1.807, 2.05) is 0 Å². The molecule has 140 valence electrons. The van der Waals surface area contributed by atoms with E-state index >= 15 is 0 Å². The second kappa shape index (κ2) is 8.91. The van der Waals surface area contributed by atoms with E-state index in [1.165, 1.54) is 19.2 Å². The predicted molar refractivity (Wildman–Crippen MR) is 97.8 cm³/mol. The lowest BCUT2D eigenvalue weighted by molar-refractivity contribution is -0.116. The first kappa shape index (κ1) is 20.1. The number of carbonyl (C=O) groups is 1. The van der Waals surface area contributed by atoms with Crippen molar-refractivity contribution in [1.29, 1.82) is 0 Å². The van der Waals surface area contributed by atoms with Crippen molar-refractivity contribution in [2.45, 2.75) is 19.6 Å². The number of rotatable bonds is 7. The largest absolute Gasteiger partial charge is 0.493 e. The molecule has 0 saturated carbocycles. The fourth-order valence-electron chi connectivity index (χ4n) is 2.11. The number of methoxy groups -OCH3 is 1. The van der Waals surface area contributed by atoms with Crippen molar-refractivity contribution >= 4 is 40.5 Å². The first-order valence-electron chi connectivity index (χ1n) is 7.46. The molecule has 9 heteroatoms. The third kappa shape index (κ3) is 5.12. The topological polar surface area (TPSA) is 59.6 Å². The maximum Gasteiger partial charge on any atom is 0.387 e. The SMILES string of the molecule is COc1ccc(NC(C)C(=O)Nc2cccc(Cl)c2Cl)cc1OC(F)F. The molecule has 0 bridgehead atoms. The van der Waals surface area contributed by atoms with Crippen LogP contribution in [-0.4, -0.2) is 25.7 Å². The van der Waals surface area contributed by atoms with E-state index in [2.05, 4.69) is 15.4 Å². The van der Waals surface area contributed by atoms with Crippen molar-refractivity contribution in [3.63, 3.8) is 0 Å². The Balaban J connectivity index is 2.09. The second-order valence-electron chi connectivity index (χ2n) is 5.20. The fraction of sp³-hybridized carbons (Fsp3) is 0.235. The molecule has 5 nitrogen and oxygen atoms in total. The van der Waals surface area contributed by atoms with E-state index in [1.54, 1.807) is 31.2 Å². The Labute approximate surface area is 159 Å². The Bertz CT molecular complexity index is 791. The summed E-state index contributed by atoms with van der Waals surface area (Å²) in [5.74, 6) is -0.377. The van der Waals surface area contributed by atoms with Crippen molar-refractivity contribution in [1.82, 2.24) is 0 Å². The van der Waals surface area contributed by atoms with Crippen LogP contribution in [0.3, 0.4) is 0 Å². The van der Waals surface area contributed by atoms with Gasteiger partial charge < -0.3 is 20.1 Å². The number of alkyl halides is 2. The highest BCUT2D eigenvalue weighted by atomic mass is 35.5. The van der Waals surface area contributed by atoms with Crippen LogP contribution in [-0.2, 0) is 4.79 Å². The highest BCUT2D eigenvalue weighted by Crippen LogP contribution is 2.32. The number of nitrogens with one attached hydrogen (secondary N) is 2. The number of anilines is 2. The van der Waals surface area contributed by atoms with Gasteiger partial charge in [0.1, 0.15) is 6.04 Å². The minimum atomic E-state index is -3.00. The second-order valence-corrected chi connectivity index (χ2v) is 5.99. The summed E-state index contributed by atoms with van der Waals surface area (Å²) in [6, 6.07) is 8.52. The Hall–Kier alpha value is -2.25. The Morgan fingerprint density at radius 1 is 1.15 bits per heavy atom.